The number of halogens is 3. The maximum absolute atomic E-state index is 11.9. The summed E-state index contributed by atoms with van der Waals surface area (Å²) in [5, 5.41) is 0. The molecule has 1 aromatic rings. The van der Waals surface area contributed by atoms with Crippen LogP contribution in [0.2, 0.25) is 0 Å². The van der Waals surface area contributed by atoms with Gasteiger partial charge in [0, 0.05) is 19.8 Å². The highest BCUT2D eigenvalue weighted by atomic mass is 19.4. The second-order valence-electron chi connectivity index (χ2n) is 3.50. The Bertz CT molecular complexity index is 338. The SMILES string of the molecule is COCCC(N)c1ccc(OC(F)(F)F)cc1. The first kappa shape index (κ1) is 13.8. The number of methoxy groups -OCH3 is 1. The molecule has 96 valence electrons. The molecule has 0 fully saturated rings. The van der Waals surface area contributed by atoms with Crippen molar-refractivity contribution in [2.75, 3.05) is 13.7 Å². The molecule has 0 aliphatic rings. The highest BCUT2D eigenvalue weighted by molar-refractivity contribution is 5.29. The van der Waals surface area contributed by atoms with Crippen molar-refractivity contribution in [1.82, 2.24) is 0 Å². The minimum absolute atomic E-state index is 0.250. The van der Waals surface area contributed by atoms with E-state index in [1.807, 2.05) is 0 Å². The molecule has 1 atom stereocenters. The van der Waals surface area contributed by atoms with Crippen LogP contribution in [0.25, 0.3) is 0 Å². The third-order valence-electron chi connectivity index (χ3n) is 2.17. The van der Waals surface area contributed by atoms with Crippen LogP contribution in [0.5, 0.6) is 5.75 Å². The lowest BCUT2D eigenvalue weighted by molar-refractivity contribution is -0.274. The molecule has 0 heterocycles. The van der Waals surface area contributed by atoms with E-state index in [1.54, 1.807) is 7.11 Å². The molecule has 0 radical (unpaired) electrons. The van der Waals surface area contributed by atoms with Gasteiger partial charge in [0.1, 0.15) is 5.75 Å². The Hall–Kier alpha value is -1.27. The first-order valence-electron chi connectivity index (χ1n) is 5.02. The summed E-state index contributed by atoms with van der Waals surface area (Å²) in [7, 11) is 1.56. The van der Waals surface area contributed by atoms with E-state index in [-0.39, 0.29) is 11.8 Å². The summed E-state index contributed by atoms with van der Waals surface area (Å²) in [6.07, 6.45) is -4.06. The minimum Gasteiger partial charge on any atom is -0.406 e. The van der Waals surface area contributed by atoms with Gasteiger partial charge < -0.3 is 15.2 Å². The van der Waals surface area contributed by atoms with Gasteiger partial charge in [0.2, 0.25) is 0 Å². The van der Waals surface area contributed by atoms with Crippen molar-refractivity contribution in [3.05, 3.63) is 29.8 Å². The lowest BCUT2D eigenvalue weighted by atomic mass is 10.1. The van der Waals surface area contributed by atoms with Crippen molar-refractivity contribution in [3.8, 4) is 5.75 Å². The van der Waals surface area contributed by atoms with Gasteiger partial charge in [-0.2, -0.15) is 0 Å². The molecule has 0 aliphatic carbocycles. The fourth-order valence-corrected chi connectivity index (χ4v) is 1.33. The summed E-state index contributed by atoms with van der Waals surface area (Å²) in [4.78, 5) is 0. The van der Waals surface area contributed by atoms with Crippen LogP contribution in [0.3, 0.4) is 0 Å². The highest BCUT2D eigenvalue weighted by Gasteiger charge is 2.30. The maximum atomic E-state index is 11.9. The molecular weight excluding hydrogens is 235 g/mol. The number of alkyl halides is 3. The number of hydrogen-bond acceptors (Lipinski definition) is 3. The summed E-state index contributed by atoms with van der Waals surface area (Å²) in [5.41, 5.74) is 6.56. The predicted octanol–water partition coefficient (Wildman–Crippen LogP) is 2.62. The van der Waals surface area contributed by atoms with Crippen LogP contribution >= 0.6 is 0 Å². The molecule has 0 aromatic heterocycles. The van der Waals surface area contributed by atoms with Crippen molar-refractivity contribution < 1.29 is 22.6 Å². The third-order valence-corrected chi connectivity index (χ3v) is 2.17. The molecule has 2 N–H and O–H groups in total. The summed E-state index contributed by atoms with van der Waals surface area (Å²) >= 11 is 0. The zero-order valence-electron chi connectivity index (χ0n) is 9.33. The quantitative estimate of drug-likeness (QED) is 0.872. The summed E-state index contributed by atoms with van der Waals surface area (Å²) in [5.74, 6) is -0.250. The van der Waals surface area contributed by atoms with E-state index in [4.69, 9.17) is 10.5 Å². The zero-order chi connectivity index (χ0) is 12.9. The van der Waals surface area contributed by atoms with Crippen LogP contribution in [0.4, 0.5) is 13.2 Å². The van der Waals surface area contributed by atoms with E-state index in [9.17, 15) is 13.2 Å². The average Bonchev–Trinajstić information content (AvgIpc) is 2.24. The standard InChI is InChI=1S/C11H14F3NO2/c1-16-7-6-10(15)8-2-4-9(5-3-8)17-11(12,13)14/h2-5,10H,6-7,15H2,1H3. The monoisotopic (exact) mass is 249 g/mol. The number of benzene rings is 1. The second kappa shape index (κ2) is 5.88. The van der Waals surface area contributed by atoms with Gasteiger partial charge >= 0.3 is 6.36 Å². The van der Waals surface area contributed by atoms with E-state index in [0.717, 1.165) is 5.56 Å². The normalized spacial score (nSPS) is 13.5. The van der Waals surface area contributed by atoms with Crippen LogP contribution in [0, 0.1) is 0 Å². The number of ether oxygens (including phenoxy) is 2. The Labute approximate surface area is 97.3 Å². The summed E-state index contributed by atoms with van der Waals surface area (Å²) in [6, 6.07) is 5.27. The molecule has 0 saturated carbocycles. The van der Waals surface area contributed by atoms with Crippen molar-refractivity contribution in [2.45, 2.75) is 18.8 Å². The van der Waals surface area contributed by atoms with Gasteiger partial charge in [0.25, 0.3) is 0 Å². The van der Waals surface area contributed by atoms with Gasteiger partial charge in [-0.25, -0.2) is 0 Å². The van der Waals surface area contributed by atoms with Gasteiger partial charge in [0.15, 0.2) is 0 Å². The Morgan fingerprint density at radius 3 is 2.29 bits per heavy atom. The smallest absolute Gasteiger partial charge is 0.406 e. The van der Waals surface area contributed by atoms with Gasteiger partial charge in [0.05, 0.1) is 0 Å². The zero-order valence-corrected chi connectivity index (χ0v) is 9.33. The summed E-state index contributed by atoms with van der Waals surface area (Å²) < 4.78 is 44.3. The van der Waals surface area contributed by atoms with Crippen LogP contribution in [-0.4, -0.2) is 20.1 Å². The highest BCUT2D eigenvalue weighted by Crippen LogP contribution is 2.24. The number of nitrogens with two attached hydrogens (primary N) is 1. The van der Waals surface area contributed by atoms with Gasteiger partial charge in [-0.05, 0) is 24.1 Å². The van der Waals surface area contributed by atoms with Crippen LogP contribution in [0.15, 0.2) is 24.3 Å². The van der Waals surface area contributed by atoms with Crippen LogP contribution in [0.1, 0.15) is 18.0 Å². The molecule has 3 nitrogen and oxygen atoms in total. The first-order chi connectivity index (χ1) is 7.92. The van der Waals surface area contributed by atoms with E-state index in [2.05, 4.69) is 4.74 Å². The van der Waals surface area contributed by atoms with Crippen molar-refractivity contribution in [2.24, 2.45) is 5.73 Å². The lowest BCUT2D eigenvalue weighted by Gasteiger charge is -2.13. The Balaban J connectivity index is 2.61. The predicted molar refractivity (Wildman–Crippen MR) is 56.5 cm³/mol. The molecule has 1 rings (SSSR count). The van der Waals surface area contributed by atoms with Gasteiger partial charge in [-0.1, -0.05) is 12.1 Å². The minimum atomic E-state index is -4.67. The lowest BCUT2D eigenvalue weighted by Crippen LogP contribution is -2.17. The molecule has 17 heavy (non-hydrogen) atoms. The fraction of sp³-hybridized carbons (Fsp3) is 0.455. The number of hydrogen-bond donors (Lipinski definition) is 1. The van der Waals surface area contributed by atoms with Crippen molar-refractivity contribution >= 4 is 0 Å². The molecule has 0 saturated heterocycles. The molecule has 0 amide bonds. The molecule has 1 aromatic carbocycles. The van der Waals surface area contributed by atoms with Gasteiger partial charge in [-0.15, -0.1) is 13.2 Å². The Morgan fingerprint density at radius 1 is 1.24 bits per heavy atom. The largest absolute Gasteiger partial charge is 0.573 e. The fourth-order valence-electron chi connectivity index (χ4n) is 1.33. The third kappa shape index (κ3) is 5.06. The second-order valence-corrected chi connectivity index (χ2v) is 3.50. The molecule has 0 spiro atoms. The maximum Gasteiger partial charge on any atom is 0.573 e. The first-order valence-corrected chi connectivity index (χ1v) is 5.02. The topological polar surface area (TPSA) is 44.5 Å². The van der Waals surface area contributed by atoms with Crippen LogP contribution < -0.4 is 10.5 Å². The van der Waals surface area contributed by atoms with E-state index in [1.165, 1.54) is 24.3 Å². The summed E-state index contributed by atoms with van der Waals surface area (Å²) in [6.45, 7) is 0.502. The average molecular weight is 249 g/mol. The molecule has 6 heteroatoms. The van der Waals surface area contributed by atoms with Crippen LogP contribution in [-0.2, 0) is 4.74 Å². The molecule has 0 aliphatic heterocycles. The van der Waals surface area contributed by atoms with E-state index < -0.39 is 6.36 Å². The number of rotatable bonds is 5. The molecular formula is C11H14F3NO2. The Kier molecular flexibility index (Phi) is 4.77. The Morgan fingerprint density at radius 2 is 1.82 bits per heavy atom. The van der Waals surface area contributed by atoms with E-state index in [0.29, 0.717) is 13.0 Å². The van der Waals surface area contributed by atoms with Crippen molar-refractivity contribution in [1.29, 1.82) is 0 Å². The molecule has 0 bridgehead atoms. The van der Waals surface area contributed by atoms with Crippen molar-refractivity contribution in [3.63, 3.8) is 0 Å². The molecule has 1 unspecified atom stereocenters. The van der Waals surface area contributed by atoms with E-state index >= 15 is 0 Å². The van der Waals surface area contributed by atoms with Gasteiger partial charge in [-0.3, -0.25) is 0 Å².